The summed E-state index contributed by atoms with van der Waals surface area (Å²) in [5, 5.41) is 8.61. The summed E-state index contributed by atoms with van der Waals surface area (Å²) in [7, 11) is 0. The first kappa shape index (κ1) is 20.3. The fourth-order valence-electron chi connectivity index (χ4n) is 3.83. The number of para-hydroxylation sites is 1. The van der Waals surface area contributed by atoms with Crippen molar-refractivity contribution in [2.75, 3.05) is 31.1 Å². The van der Waals surface area contributed by atoms with Crippen molar-refractivity contribution in [3.63, 3.8) is 0 Å². The molecule has 0 aromatic heterocycles. The van der Waals surface area contributed by atoms with Gasteiger partial charge in [-0.25, -0.2) is 14.3 Å². The Morgan fingerprint density at radius 3 is 2.39 bits per heavy atom. The van der Waals surface area contributed by atoms with Gasteiger partial charge in [0.25, 0.3) is 5.91 Å². The van der Waals surface area contributed by atoms with Crippen LogP contribution in [0.2, 0.25) is 0 Å². The molecule has 0 unspecified atom stereocenters. The van der Waals surface area contributed by atoms with Crippen molar-refractivity contribution in [2.45, 2.75) is 31.6 Å². The molecule has 152 valence electrons. The number of carbonyl (C=O) groups is 2. The van der Waals surface area contributed by atoms with E-state index in [-0.39, 0.29) is 37.5 Å². The largest absolute Gasteiger partial charge is 0.367 e. The van der Waals surface area contributed by atoms with Gasteiger partial charge < -0.3 is 9.80 Å². The van der Waals surface area contributed by atoms with E-state index in [0.29, 0.717) is 26.2 Å². The van der Waals surface area contributed by atoms with E-state index in [4.69, 9.17) is 5.21 Å². The standard InChI is InChI=1S/C20H25F2N3O3/c21-20(22)9-7-16(8-10-20)19(27)25-13-11-24(12-14-25)17-4-2-1-3-15(17)5-6-18(26)23-28/h1-6,16,28H,7-14H2,(H,23,26)/b6-5+. The van der Waals surface area contributed by atoms with Crippen LogP contribution in [0.1, 0.15) is 31.2 Å². The summed E-state index contributed by atoms with van der Waals surface area (Å²) in [6.45, 7) is 2.35. The van der Waals surface area contributed by atoms with Crippen molar-refractivity contribution >= 4 is 23.6 Å². The molecule has 28 heavy (non-hydrogen) atoms. The van der Waals surface area contributed by atoms with Crippen molar-refractivity contribution < 1.29 is 23.6 Å². The lowest BCUT2D eigenvalue weighted by Gasteiger charge is -2.39. The summed E-state index contributed by atoms with van der Waals surface area (Å²) in [4.78, 5) is 27.8. The molecule has 2 N–H and O–H groups in total. The molecule has 3 rings (SSSR count). The molecule has 1 heterocycles. The molecule has 6 nitrogen and oxygen atoms in total. The lowest BCUT2D eigenvalue weighted by Crippen LogP contribution is -2.51. The first-order valence-electron chi connectivity index (χ1n) is 9.52. The molecule has 0 atom stereocenters. The monoisotopic (exact) mass is 393 g/mol. The van der Waals surface area contributed by atoms with E-state index in [9.17, 15) is 18.4 Å². The Kier molecular flexibility index (Phi) is 6.28. The molecule has 1 saturated carbocycles. The van der Waals surface area contributed by atoms with Crippen LogP contribution in [0.15, 0.2) is 30.3 Å². The van der Waals surface area contributed by atoms with Crippen molar-refractivity contribution in [1.29, 1.82) is 0 Å². The maximum absolute atomic E-state index is 13.3. The Morgan fingerprint density at radius 2 is 1.75 bits per heavy atom. The molecule has 0 radical (unpaired) electrons. The highest BCUT2D eigenvalue weighted by Crippen LogP contribution is 2.37. The van der Waals surface area contributed by atoms with E-state index in [1.165, 1.54) is 6.08 Å². The third-order valence-electron chi connectivity index (χ3n) is 5.46. The lowest BCUT2D eigenvalue weighted by molar-refractivity contribution is -0.140. The zero-order valence-electron chi connectivity index (χ0n) is 15.6. The first-order chi connectivity index (χ1) is 13.4. The molecule has 2 fully saturated rings. The highest BCUT2D eigenvalue weighted by molar-refractivity contribution is 5.91. The molecule has 0 bridgehead atoms. The van der Waals surface area contributed by atoms with Gasteiger partial charge in [-0.3, -0.25) is 14.8 Å². The molecule has 1 aromatic carbocycles. The van der Waals surface area contributed by atoms with Gasteiger partial charge in [0.05, 0.1) is 0 Å². The fourth-order valence-corrected chi connectivity index (χ4v) is 3.83. The second-order valence-electron chi connectivity index (χ2n) is 7.31. The highest BCUT2D eigenvalue weighted by Gasteiger charge is 2.39. The lowest BCUT2D eigenvalue weighted by atomic mass is 9.86. The number of halogens is 2. The minimum atomic E-state index is -2.63. The number of piperazine rings is 1. The van der Waals surface area contributed by atoms with Crippen molar-refractivity contribution in [3.8, 4) is 0 Å². The normalized spacial score (nSPS) is 20.4. The number of anilines is 1. The number of hydrogen-bond acceptors (Lipinski definition) is 4. The van der Waals surface area contributed by atoms with Crippen molar-refractivity contribution in [2.24, 2.45) is 5.92 Å². The Balaban J connectivity index is 1.59. The molecular weight excluding hydrogens is 368 g/mol. The Labute approximate surface area is 162 Å². The van der Waals surface area contributed by atoms with Gasteiger partial charge in [-0.15, -0.1) is 0 Å². The van der Waals surface area contributed by atoms with Gasteiger partial charge in [0.1, 0.15) is 0 Å². The van der Waals surface area contributed by atoms with E-state index in [1.807, 2.05) is 24.3 Å². The van der Waals surface area contributed by atoms with Crippen LogP contribution >= 0.6 is 0 Å². The minimum Gasteiger partial charge on any atom is -0.367 e. The molecule has 1 aliphatic heterocycles. The predicted molar refractivity (Wildman–Crippen MR) is 101 cm³/mol. The van der Waals surface area contributed by atoms with Gasteiger partial charge in [0, 0.05) is 56.7 Å². The van der Waals surface area contributed by atoms with Crippen LogP contribution in [0, 0.1) is 5.92 Å². The topological polar surface area (TPSA) is 72.9 Å². The molecule has 1 saturated heterocycles. The fraction of sp³-hybridized carbons (Fsp3) is 0.500. The van der Waals surface area contributed by atoms with Gasteiger partial charge in [-0.2, -0.15) is 0 Å². The Morgan fingerprint density at radius 1 is 1.11 bits per heavy atom. The van der Waals surface area contributed by atoms with Crippen molar-refractivity contribution in [3.05, 3.63) is 35.9 Å². The van der Waals surface area contributed by atoms with Crippen molar-refractivity contribution in [1.82, 2.24) is 10.4 Å². The van der Waals surface area contributed by atoms with Crippen LogP contribution in [-0.2, 0) is 9.59 Å². The maximum atomic E-state index is 13.3. The predicted octanol–water partition coefficient (Wildman–Crippen LogP) is 2.68. The SMILES string of the molecule is O=C(/C=C/c1ccccc1N1CCN(C(=O)C2CCC(F)(F)CC2)CC1)NO. The quantitative estimate of drug-likeness (QED) is 0.469. The summed E-state index contributed by atoms with van der Waals surface area (Å²) in [6, 6.07) is 7.57. The second-order valence-corrected chi connectivity index (χ2v) is 7.31. The van der Waals surface area contributed by atoms with Crippen LogP contribution < -0.4 is 10.4 Å². The number of alkyl halides is 2. The van der Waals surface area contributed by atoms with E-state index < -0.39 is 11.8 Å². The first-order valence-corrected chi connectivity index (χ1v) is 9.52. The Bertz CT molecular complexity index is 736. The van der Waals surface area contributed by atoms with E-state index in [0.717, 1.165) is 11.3 Å². The zero-order chi connectivity index (χ0) is 20.1. The zero-order valence-corrected chi connectivity index (χ0v) is 15.6. The molecule has 2 amide bonds. The van der Waals surface area contributed by atoms with Crippen LogP contribution in [0.5, 0.6) is 0 Å². The third kappa shape index (κ3) is 4.86. The number of amides is 2. The van der Waals surface area contributed by atoms with E-state index >= 15 is 0 Å². The highest BCUT2D eigenvalue weighted by atomic mass is 19.3. The summed E-state index contributed by atoms with van der Waals surface area (Å²) in [5.74, 6) is -3.54. The Hall–Kier alpha value is -2.48. The third-order valence-corrected chi connectivity index (χ3v) is 5.46. The number of rotatable bonds is 4. The van der Waals surface area contributed by atoms with E-state index in [2.05, 4.69) is 4.90 Å². The van der Waals surface area contributed by atoms with E-state index in [1.54, 1.807) is 16.5 Å². The number of hydroxylamine groups is 1. The average molecular weight is 393 g/mol. The molecule has 0 spiro atoms. The average Bonchev–Trinajstić information content (AvgIpc) is 2.72. The van der Waals surface area contributed by atoms with Gasteiger partial charge in [0.2, 0.25) is 11.8 Å². The number of benzene rings is 1. The smallest absolute Gasteiger partial charge is 0.267 e. The number of carbonyl (C=O) groups excluding carboxylic acids is 2. The molecular formula is C20H25F2N3O3. The molecule has 8 heteroatoms. The minimum absolute atomic E-state index is 0.0112. The van der Waals surface area contributed by atoms with Gasteiger partial charge in [-0.05, 0) is 30.5 Å². The van der Waals surface area contributed by atoms with Gasteiger partial charge in [0.15, 0.2) is 0 Å². The van der Waals surface area contributed by atoms with Crippen LogP contribution in [0.25, 0.3) is 6.08 Å². The summed E-state index contributed by atoms with van der Waals surface area (Å²) >= 11 is 0. The maximum Gasteiger partial charge on any atom is 0.267 e. The second kappa shape index (κ2) is 8.68. The number of nitrogens with one attached hydrogen (secondary N) is 1. The molecule has 1 aromatic rings. The summed E-state index contributed by atoms with van der Waals surface area (Å²) in [6.07, 6.45) is 2.98. The van der Waals surface area contributed by atoms with Gasteiger partial charge in [-0.1, -0.05) is 18.2 Å². The molecule has 1 aliphatic carbocycles. The number of nitrogens with zero attached hydrogens (tertiary/aromatic N) is 2. The van der Waals surface area contributed by atoms with Crippen LogP contribution in [-0.4, -0.2) is 54.0 Å². The summed E-state index contributed by atoms with van der Waals surface area (Å²) in [5.41, 5.74) is 3.33. The van der Waals surface area contributed by atoms with Crippen LogP contribution in [0.4, 0.5) is 14.5 Å². The molecule has 2 aliphatic rings. The summed E-state index contributed by atoms with van der Waals surface area (Å²) < 4.78 is 26.6. The van der Waals surface area contributed by atoms with Gasteiger partial charge >= 0.3 is 0 Å². The van der Waals surface area contributed by atoms with Crippen LogP contribution in [0.3, 0.4) is 0 Å². The number of hydrogen-bond donors (Lipinski definition) is 2.